The summed E-state index contributed by atoms with van der Waals surface area (Å²) in [6.07, 6.45) is 1.49. The third-order valence-electron chi connectivity index (χ3n) is 1.13. The van der Waals surface area contributed by atoms with Crippen LogP contribution in [-0.4, -0.2) is 21.8 Å². The summed E-state index contributed by atoms with van der Waals surface area (Å²) in [6, 6.07) is 1.50. The number of hydrogen-bond acceptors (Lipinski definition) is 4. The van der Waals surface area contributed by atoms with E-state index in [1.54, 1.807) is 0 Å². The zero-order chi connectivity index (χ0) is 8.97. The molecule has 0 amide bonds. The number of nitrogens with one attached hydrogen (secondary N) is 1. The second-order valence-corrected chi connectivity index (χ2v) is 3.54. The van der Waals surface area contributed by atoms with E-state index in [-0.39, 0.29) is 11.6 Å². The molecular formula is C7H11N3OS. The van der Waals surface area contributed by atoms with Gasteiger partial charge in [0.15, 0.2) is 5.16 Å². The molecule has 0 radical (unpaired) electrons. The van der Waals surface area contributed by atoms with E-state index in [9.17, 15) is 4.79 Å². The Morgan fingerprint density at radius 1 is 1.83 bits per heavy atom. The molecule has 0 saturated heterocycles. The Morgan fingerprint density at radius 3 is 3.17 bits per heavy atom. The summed E-state index contributed by atoms with van der Waals surface area (Å²) < 4.78 is 0. The molecule has 0 aliphatic rings. The monoisotopic (exact) mass is 185 g/mol. The van der Waals surface area contributed by atoms with Crippen LogP contribution < -0.4 is 11.3 Å². The van der Waals surface area contributed by atoms with Gasteiger partial charge >= 0.3 is 0 Å². The average Bonchev–Trinajstić information content (AvgIpc) is 2.01. The molecular weight excluding hydrogens is 174 g/mol. The van der Waals surface area contributed by atoms with Crippen molar-refractivity contribution < 1.29 is 0 Å². The second-order valence-electron chi connectivity index (χ2n) is 2.53. The van der Waals surface area contributed by atoms with Crippen molar-refractivity contribution in [2.75, 3.05) is 5.75 Å². The fourth-order valence-electron chi connectivity index (χ4n) is 0.636. The molecule has 66 valence electrons. The van der Waals surface area contributed by atoms with Gasteiger partial charge in [0.1, 0.15) is 0 Å². The van der Waals surface area contributed by atoms with Gasteiger partial charge in [0.25, 0.3) is 5.56 Å². The molecule has 0 aliphatic heterocycles. The first-order valence-corrected chi connectivity index (χ1v) is 4.61. The summed E-state index contributed by atoms with van der Waals surface area (Å²) >= 11 is 1.45. The van der Waals surface area contributed by atoms with Gasteiger partial charge in [-0.25, -0.2) is 4.98 Å². The van der Waals surface area contributed by atoms with Gasteiger partial charge in [-0.2, -0.15) is 0 Å². The van der Waals surface area contributed by atoms with E-state index < -0.39 is 0 Å². The highest BCUT2D eigenvalue weighted by Crippen LogP contribution is 2.09. The first-order valence-electron chi connectivity index (χ1n) is 3.62. The van der Waals surface area contributed by atoms with Gasteiger partial charge in [-0.15, -0.1) is 0 Å². The van der Waals surface area contributed by atoms with E-state index in [0.29, 0.717) is 5.16 Å². The van der Waals surface area contributed by atoms with Crippen molar-refractivity contribution in [1.29, 1.82) is 0 Å². The highest BCUT2D eigenvalue weighted by molar-refractivity contribution is 7.99. The number of H-pyrrole nitrogens is 1. The highest BCUT2D eigenvalue weighted by Gasteiger charge is 1.98. The van der Waals surface area contributed by atoms with Crippen LogP contribution in [0.2, 0.25) is 0 Å². The molecule has 4 nitrogen and oxygen atoms in total. The van der Waals surface area contributed by atoms with Gasteiger partial charge in [0.05, 0.1) is 0 Å². The van der Waals surface area contributed by atoms with Crippen molar-refractivity contribution in [2.24, 2.45) is 5.73 Å². The van der Waals surface area contributed by atoms with E-state index in [0.717, 1.165) is 5.75 Å². The molecule has 5 heteroatoms. The van der Waals surface area contributed by atoms with Gasteiger partial charge in [-0.3, -0.25) is 4.79 Å². The van der Waals surface area contributed by atoms with Crippen LogP contribution in [0.4, 0.5) is 0 Å². The molecule has 0 fully saturated rings. The molecule has 0 saturated carbocycles. The number of rotatable bonds is 3. The SMILES string of the molecule is C[C@H](N)CSc1nccc(=O)[nH]1. The second kappa shape index (κ2) is 4.27. The first kappa shape index (κ1) is 9.28. The van der Waals surface area contributed by atoms with Crippen LogP contribution in [0.3, 0.4) is 0 Å². The lowest BCUT2D eigenvalue weighted by atomic mass is 10.4. The number of aromatic amines is 1. The minimum absolute atomic E-state index is 0.112. The third kappa shape index (κ3) is 3.06. The Labute approximate surface area is 74.6 Å². The Hall–Kier alpha value is -0.810. The Morgan fingerprint density at radius 2 is 2.58 bits per heavy atom. The van der Waals surface area contributed by atoms with Crippen LogP contribution in [0, 0.1) is 0 Å². The summed E-state index contributed by atoms with van der Waals surface area (Å²) in [4.78, 5) is 17.4. The summed E-state index contributed by atoms with van der Waals surface area (Å²) in [5.74, 6) is 0.757. The standard InChI is InChI=1S/C7H11N3OS/c1-5(8)4-12-7-9-3-2-6(11)10-7/h2-3,5H,4,8H2,1H3,(H,9,10,11)/t5-/m0/s1. The molecule has 0 unspecified atom stereocenters. The molecule has 0 bridgehead atoms. The van der Waals surface area contributed by atoms with E-state index in [2.05, 4.69) is 9.97 Å². The molecule has 1 heterocycles. The van der Waals surface area contributed by atoms with Crippen LogP contribution in [0.15, 0.2) is 22.2 Å². The maximum absolute atomic E-state index is 10.8. The van der Waals surface area contributed by atoms with Crippen LogP contribution >= 0.6 is 11.8 Å². The van der Waals surface area contributed by atoms with Gasteiger partial charge in [0, 0.05) is 24.1 Å². The molecule has 0 spiro atoms. The Bertz CT molecular complexity index is 297. The van der Waals surface area contributed by atoms with Crippen molar-refractivity contribution >= 4 is 11.8 Å². The third-order valence-corrected chi connectivity index (χ3v) is 2.30. The molecule has 1 atom stereocenters. The molecule has 12 heavy (non-hydrogen) atoms. The molecule has 0 aromatic carbocycles. The van der Waals surface area contributed by atoms with Gasteiger partial charge in [-0.1, -0.05) is 11.8 Å². The van der Waals surface area contributed by atoms with Crippen molar-refractivity contribution in [3.63, 3.8) is 0 Å². The fraction of sp³-hybridized carbons (Fsp3) is 0.429. The van der Waals surface area contributed by atoms with E-state index in [4.69, 9.17) is 5.73 Å². The minimum atomic E-state index is -0.128. The maximum Gasteiger partial charge on any atom is 0.251 e. The van der Waals surface area contributed by atoms with Gasteiger partial charge in [-0.05, 0) is 6.92 Å². The van der Waals surface area contributed by atoms with Gasteiger partial charge < -0.3 is 10.7 Å². The van der Waals surface area contributed by atoms with Crippen LogP contribution in [0.25, 0.3) is 0 Å². The minimum Gasteiger partial charge on any atom is -0.327 e. The van der Waals surface area contributed by atoms with E-state index >= 15 is 0 Å². The van der Waals surface area contributed by atoms with Crippen molar-refractivity contribution in [2.45, 2.75) is 18.1 Å². The topological polar surface area (TPSA) is 71.8 Å². The van der Waals surface area contributed by atoms with Gasteiger partial charge in [0.2, 0.25) is 0 Å². The van der Waals surface area contributed by atoms with Crippen molar-refractivity contribution in [3.05, 3.63) is 22.6 Å². The predicted molar refractivity (Wildman–Crippen MR) is 49.2 cm³/mol. The lowest BCUT2D eigenvalue weighted by Gasteiger charge is -2.02. The highest BCUT2D eigenvalue weighted by atomic mass is 32.2. The first-order chi connectivity index (χ1) is 5.68. The lowest BCUT2D eigenvalue weighted by molar-refractivity contribution is 0.840. The quantitative estimate of drug-likeness (QED) is 0.521. The maximum atomic E-state index is 10.8. The summed E-state index contributed by atoms with van der Waals surface area (Å²) in [6.45, 7) is 1.91. The Balaban J connectivity index is 2.58. The average molecular weight is 185 g/mol. The zero-order valence-corrected chi connectivity index (χ0v) is 7.60. The summed E-state index contributed by atoms with van der Waals surface area (Å²) in [5, 5.41) is 0.625. The molecule has 0 aliphatic carbocycles. The summed E-state index contributed by atoms with van der Waals surface area (Å²) in [7, 11) is 0. The number of nitrogens with two attached hydrogens (primary N) is 1. The molecule has 3 N–H and O–H groups in total. The number of hydrogen-bond donors (Lipinski definition) is 2. The van der Waals surface area contributed by atoms with Crippen LogP contribution in [-0.2, 0) is 0 Å². The van der Waals surface area contributed by atoms with Crippen LogP contribution in [0.1, 0.15) is 6.92 Å². The van der Waals surface area contributed by atoms with E-state index in [1.807, 2.05) is 6.92 Å². The van der Waals surface area contributed by atoms with E-state index in [1.165, 1.54) is 24.0 Å². The smallest absolute Gasteiger partial charge is 0.251 e. The fourth-order valence-corrected chi connectivity index (χ4v) is 1.36. The number of aromatic nitrogens is 2. The van der Waals surface area contributed by atoms with Crippen molar-refractivity contribution in [1.82, 2.24) is 9.97 Å². The lowest BCUT2D eigenvalue weighted by Crippen LogP contribution is -2.18. The number of thioether (sulfide) groups is 1. The molecule has 1 aromatic rings. The van der Waals surface area contributed by atoms with Crippen LogP contribution in [0.5, 0.6) is 0 Å². The predicted octanol–water partition coefficient (Wildman–Crippen LogP) is 0.209. The molecule has 1 aromatic heterocycles. The Kier molecular flexibility index (Phi) is 3.31. The molecule has 1 rings (SSSR count). The summed E-state index contributed by atoms with van der Waals surface area (Å²) in [5.41, 5.74) is 5.41. The largest absolute Gasteiger partial charge is 0.327 e. The normalized spacial score (nSPS) is 12.8. The zero-order valence-electron chi connectivity index (χ0n) is 6.78. The number of nitrogens with zero attached hydrogens (tertiary/aromatic N) is 1. The van der Waals surface area contributed by atoms with Crippen molar-refractivity contribution in [3.8, 4) is 0 Å².